The van der Waals surface area contributed by atoms with Crippen molar-refractivity contribution in [1.82, 2.24) is 0 Å². The highest BCUT2D eigenvalue weighted by molar-refractivity contribution is 9.10. The summed E-state index contributed by atoms with van der Waals surface area (Å²) >= 11 is 10.7. The number of carboxylic acid groups (broad SMARTS) is 1. The molecule has 0 bridgehead atoms. The Morgan fingerprint density at radius 1 is 1.22 bits per heavy atom. The van der Waals surface area contributed by atoms with Crippen LogP contribution in [-0.4, -0.2) is 11.1 Å². The van der Waals surface area contributed by atoms with Gasteiger partial charge >= 0.3 is 5.97 Å². The van der Waals surface area contributed by atoms with Gasteiger partial charge in [0.25, 0.3) is 0 Å². The van der Waals surface area contributed by atoms with Gasteiger partial charge in [-0.1, -0.05) is 51.4 Å². The first-order valence-electron chi connectivity index (χ1n) is 5.03. The molecular formula is C13H8BrClO2S. The third-order valence-corrected chi connectivity index (χ3v) is 4.07. The maximum absolute atomic E-state index is 11.2. The molecule has 0 fully saturated rings. The summed E-state index contributed by atoms with van der Waals surface area (Å²) in [4.78, 5) is 12.8. The van der Waals surface area contributed by atoms with Gasteiger partial charge in [-0.25, -0.2) is 4.79 Å². The summed E-state index contributed by atoms with van der Waals surface area (Å²) < 4.78 is 0.950. The van der Waals surface area contributed by atoms with Crippen LogP contribution in [0.4, 0.5) is 0 Å². The van der Waals surface area contributed by atoms with Crippen molar-refractivity contribution in [3.8, 4) is 0 Å². The van der Waals surface area contributed by atoms with Crippen LogP contribution < -0.4 is 0 Å². The van der Waals surface area contributed by atoms with Gasteiger partial charge in [0.2, 0.25) is 0 Å². The zero-order chi connectivity index (χ0) is 13.1. The highest BCUT2D eigenvalue weighted by Crippen LogP contribution is 2.34. The van der Waals surface area contributed by atoms with E-state index in [0.29, 0.717) is 4.90 Å². The van der Waals surface area contributed by atoms with Crippen LogP contribution in [0.5, 0.6) is 0 Å². The standard InChI is InChI=1S/C13H8BrClO2S/c14-8-3-1-4-9(7-8)18-11-6-2-5-10(15)12(11)13(16)17/h1-7H,(H,16,17). The zero-order valence-electron chi connectivity index (χ0n) is 9.06. The van der Waals surface area contributed by atoms with Gasteiger partial charge in [-0.3, -0.25) is 0 Å². The minimum atomic E-state index is -1.02. The Bertz CT molecular complexity index is 601. The molecule has 2 aromatic rings. The lowest BCUT2D eigenvalue weighted by Gasteiger charge is -2.07. The normalized spacial score (nSPS) is 10.3. The number of carbonyl (C=O) groups is 1. The Kier molecular flexibility index (Phi) is 4.32. The van der Waals surface area contributed by atoms with E-state index in [2.05, 4.69) is 15.9 Å². The summed E-state index contributed by atoms with van der Waals surface area (Å²) in [6, 6.07) is 12.7. The number of hydrogen-bond acceptors (Lipinski definition) is 2. The molecule has 0 aliphatic heterocycles. The smallest absolute Gasteiger partial charge is 0.338 e. The third kappa shape index (κ3) is 3.07. The van der Waals surface area contributed by atoms with Crippen molar-refractivity contribution < 1.29 is 9.90 Å². The molecule has 18 heavy (non-hydrogen) atoms. The number of rotatable bonds is 3. The average Bonchev–Trinajstić information content (AvgIpc) is 2.28. The molecule has 1 N–H and O–H groups in total. The fourth-order valence-corrected chi connectivity index (χ4v) is 3.35. The van der Waals surface area contributed by atoms with Crippen molar-refractivity contribution in [2.45, 2.75) is 9.79 Å². The lowest BCUT2D eigenvalue weighted by molar-refractivity contribution is 0.0693. The van der Waals surface area contributed by atoms with Crippen molar-refractivity contribution >= 4 is 45.3 Å². The molecule has 0 heterocycles. The van der Waals surface area contributed by atoms with Gasteiger partial charge in [0, 0.05) is 14.3 Å². The second-order valence-corrected chi connectivity index (χ2v) is 5.92. The minimum Gasteiger partial charge on any atom is -0.478 e. The molecule has 0 aliphatic rings. The van der Waals surface area contributed by atoms with Gasteiger partial charge < -0.3 is 5.11 Å². The molecule has 0 aliphatic carbocycles. The first-order chi connectivity index (χ1) is 8.58. The Hall–Kier alpha value is -0.970. The van der Waals surface area contributed by atoms with Crippen molar-refractivity contribution in [3.05, 3.63) is 57.5 Å². The predicted octanol–water partition coefficient (Wildman–Crippen LogP) is 4.95. The van der Waals surface area contributed by atoms with Crippen LogP contribution in [0, 0.1) is 0 Å². The lowest BCUT2D eigenvalue weighted by Crippen LogP contribution is -1.99. The monoisotopic (exact) mass is 342 g/mol. The summed E-state index contributed by atoms with van der Waals surface area (Å²) in [5.74, 6) is -1.02. The number of halogens is 2. The fourth-order valence-electron chi connectivity index (χ4n) is 1.45. The molecule has 92 valence electrons. The number of aromatic carboxylic acids is 1. The van der Waals surface area contributed by atoms with Gasteiger partial charge in [0.1, 0.15) is 0 Å². The van der Waals surface area contributed by atoms with Crippen LogP contribution in [0.1, 0.15) is 10.4 Å². The molecule has 2 nitrogen and oxygen atoms in total. The minimum absolute atomic E-state index is 0.143. The molecule has 0 unspecified atom stereocenters. The van der Waals surface area contributed by atoms with Crippen LogP contribution in [0.25, 0.3) is 0 Å². The third-order valence-electron chi connectivity index (χ3n) is 2.21. The van der Waals surface area contributed by atoms with Crippen LogP contribution in [0.15, 0.2) is 56.7 Å². The van der Waals surface area contributed by atoms with E-state index in [9.17, 15) is 9.90 Å². The van der Waals surface area contributed by atoms with Crippen molar-refractivity contribution in [3.63, 3.8) is 0 Å². The quantitative estimate of drug-likeness (QED) is 0.856. The topological polar surface area (TPSA) is 37.3 Å². The molecule has 0 saturated carbocycles. The largest absolute Gasteiger partial charge is 0.478 e. The maximum Gasteiger partial charge on any atom is 0.338 e. The van der Waals surface area contributed by atoms with E-state index in [4.69, 9.17) is 11.6 Å². The molecule has 0 amide bonds. The highest BCUT2D eigenvalue weighted by Gasteiger charge is 2.15. The van der Waals surface area contributed by atoms with Crippen LogP contribution >= 0.6 is 39.3 Å². The van der Waals surface area contributed by atoms with Crippen LogP contribution in [0.2, 0.25) is 5.02 Å². The van der Waals surface area contributed by atoms with Crippen molar-refractivity contribution in [1.29, 1.82) is 0 Å². The van der Waals surface area contributed by atoms with Crippen molar-refractivity contribution in [2.24, 2.45) is 0 Å². The summed E-state index contributed by atoms with van der Waals surface area (Å²) in [7, 11) is 0. The summed E-state index contributed by atoms with van der Waals surface area (Å²) in [6.07, 6.45) is 0. The summed E-state index contributed by atoms with van der Waals surface area (Å²) in [6.45, 7) is 0. The second kappa shape index (κ2) is 5.78. The average molecular weight is 344 g/mol. The van der Waals surface area contributed by atoms with E-state index < -0.39 is 5.97 Å². The van der Waals surface area contributed by atoms with E-state index >= 15 is 0 Å². The van der Waals surface area contributed by atoms with Gasteiger partial charge in [0.05, 0.1) is 10.6 Å². The zero-order valence-corrected chi connectivity index (χ0v) is 12.2. The first-order valence-corrected chi connectivity index (χ1v) is 7.02. The Balaban J connectivity index is 2.40. The Labute approximate surface area is 122 Å². The molecule has 5 heteroatoms. The lowest BCUT2D eigenvalue weighted by atomic mass is 10.2. The number of carboxylic acids is 1. The molecule has 0 radical (unpaired) electrons. The van der Waals surface area contributed by atoms with E-state index in [-0.39, 0.29) is 10.6 Å². The second-order valence-electron chi connectivity index (χ2n) is 3.48. The van der Waals surface area contributed by atoms with Crippen LogP contribution in [-0.2, 0) is 0 Å². The van der Waals surface area contributed by atoms with Crippen molar-refractivity contribution in [2.75, 3.05) is 0 Å². The maximum atomic E-state index is 11.2. The molecule has 2 aromatic carbocycles. The summed E-state index contributed by atoms with van der Waals surface area (Å²) in [5.41, 5.74) is 0.143. The van der Waals surface area contributed by atoms with Gasteiger partial charge in [-0.15, -0.1) is 0 Å². The SMILES string of the molecule is O=C(O)c1c(Cl)cccc1Sc1cccc(Br)c1. The van der Waals surface area contributed by atoms with Crippen LogP contribution in [0.3, 0.4) is 0 Å². The Morgan fingerprint density at radius 2 is 1.94 bits per heavy atom. The first kappa shape index (κ1) is 13.5. The predicted molar refractivity (Wildman–Crippen MR) is 76.7 cm³/mol. The molecule has 2 rings (SSSR count). The fraction of sp³-hybridized carbons (Fsp3) is 0. The van der Waals surface area contributed by atoms with E-state index in [0.717, 1.165) is 9.37 Å². The van der Waals surface area contributed by atoms with E-state index in [1.165, 1.54) is 11.8 Å². The van der Waals surface area contributed by atoms with E-state index in [1.807, 2.05) is 24.3 Å². The Morgan fingerprint density at radius 3 is 2.61 bits per heavy atom. The van der Waals surface area contributed by atoms with Gasteiger partial charge in [-0.2, -0.15) is 0 Å². The number of benzene rings is 2. The molecule has 0 spiro atoms. The van der Waals surface area contributed by atoms with E-state index in [1.54, 1.807) is 18.2 Å². The summed E-state index contributed by atoms with van der Waals surface area (Å²) in [5, 5.41) is 9.42. The molecule has 0 atom stereocenters. The molecule has 0 aromatic heterocycles. The molecular weight excluding hydrogens is 336 g/mol. The molecule has 0 saturated heterocycles. The van der Waals surface area contributed by atoms with Gasteiger partial charge in [0.15, 0.2) is 0 Å². The highest BCUT2D eigenvalue weighted by atomic mass is 79.9. The number of hydrogen-bond donors (Lipinski definition) is 1. The van der Waals surface area contributed by atoms with Gasteiger partial charge in [-0.05, 0) is 30.3 Å².